The quantitative estimate of drug-likeness (QED) is 0.685. The molecule has 0 aromatic carbocycles. The summed E-state index contributed by atoms with van der Waals surface area (Å²) in [6.45, 7) is 3.79. The number of hydrogen-bond acceptors (Lipinski definition) is 4. The lowest BCUT2D eigenvalue weighted by atomic mass is 10.2. The summed E-state index contributed by atoms with van der Waals surface area (Å²) in [7, 11) is 0. The van der Waals surface area contributed by atoms with Crippen molar-refractivity contribution in [1.29, 1.82) is 0 Å². The maximum Gasteiger partial charge on any atom is 0.350 e. The average Bonchev–Trinajstić information content (AvgIpc) is 2.17. The van der Waals surface area contributed by atoms with Crippen molar-refractivity contribution < 1.29 is 13.9 Å². The molecule has 0 amide bonds. The zero-order valence-corrected chi connectivity index (χ0v) is 8.20. The molecular formula is C10H12O4. The van der Waals surface area contributed by atoms with E-state index in [1.165, 1.54) is 6.07 Å². The standard InChI is InChI=1S/C10H12O4/c1-3-7-5-6-8(10(12)14-7)9(11)13-4-2/h5-6H,3-4H2,1-2H3. The number of carbonyl (C=O) groups excluding carboxylic acids is 1. The van der Waals surface area contributed by atoms with E-state index in [0.29, 0.717) is 12.2 Å². The Bertz CT molecular complexity index is 378. The molecule has 1 rings (SSSR count). The first-order valence-electron chi connectivity index (χ1n) is 4.49. The molecule has 1 aromatic heterocycles. The molecule has 0 saturated carbocycles. The van der Waals surface area contributed by atoms with Gasteiger partial charge in [0.15, 0.2) is 0 Å². The maximum absolute atomic E-state index is 11.2. The third-order valence-corrected chi connectivity index (χ3v) is 1.72. The van der Waals surface area contributed by atoms with E-state index in [2.05, 4.69) is 4.74 Å². The van der Waals surface area contributed by atoms with Gasteiger partial charge in [0.2, 0.25) is 0 Å². The van der Waals surface area contributed by atoms with Crippen molar-refractivity contribution in [1.82, 2.24) is 0 Å². The number of aryl methyl sites for hydroxylation is 1. The normalized spacial score (nSPS) is 9.86. The molecule has 0 N–H and O–H groups in total. The van der Waals surface area contributed by atoms with E-state index in [-0.39, 0.29) is 12.2 Å². The van der Waals surface area contributed by atoms with Crippen LogP contribution < -0.4 is 5.63 Å². The van der Waals surface area contributed by atoms with E-state index in [9.17, 15) is 9.59 Å². The van der Waals surface area contributed by atoms with Gasteiger partial charge in [-0.1, -0.05) is 6.92 Å². The van der Waals surface area contributed by atoms with Crippen LogP contribution in [0.4, 0.5) is 0 Å². The summed E-state index contributed by atoms with van der Waals surface area (Å²) in [6, 6.07) is 3.04. The van der Waals surface area contributed by atoms with E-state index < -0.39 is 11.6 Å². The smallest absolute Gasteiger partial charge is 0.350 e. The van der Waals surface area contributed by atoms with Gasteiger partial charge in [-0.15, -0.1) is 0 Å². The monoisotopic (exact) mass is 196 g/mol. The third-order valence-electron chi connectivity index (χ3n) is 1.72. The molecule has 0 unspecified atom stereocenters. The minimum atomic E-state index is -0.636. The highest BCUT2D eigenvalue weighted by Crippen LogP contribution is 2.00. The fourth-order valence-electron chi connectivity index (χ4n) is 1.00. The Kier molecular flexibility index (Phi) is 3.45. The van der Waals surface area contributed by atoms with Gasteiger partial charge >= 0.3 is 11.6 Å². The first-order valence-corrected chi connectivity index (χ1v) is 4.49. The van der Waals surface area contributed by atoms with Gasteiger partial charge in [-0.3, -0.25) is 0 Å². The molecule has 0 aliphatic carbocycles. The largest absolute Gasteiger partial charge is 0.462 e. The Morgan fingerprint density at radius 3 is 2.64 bits per heavy atom. The molecule has 4 heteroatoms. The molecule has 4 nitrogen and oxygen atoms in total. The topological polar surface area (TPSA) is 56.5 Å². The van der Waals surface area contributed by atoms with Gasteiger partial charge < -0.3 is 9.15 Å². The summed E-state index contributed by atoms with van der Waals surface area (Å²) in [5.74, 6) is -0.0769. The van der Waals surface area contributed by atoms with Crippen LogP contribution in [-0.4, -0.2) is 12.6 Å². The van der Waals surface area contributed by atoms with Crippen molar-refractivity contribution in [2.24, 2.45) is 0 Å². The molecule has 1 aromatic rings. The number of esters is 1. The predicted octanol–water partition coefficient (Wildman–Crippen LogP) is 1.38. The zero-order chi connectivity index (χ0) is 10.6. The van der Waals surface area contributed by atoms with Crippen LogP contribution in [0.25, 0.3) is 0 Å². The Morgan fingerprint density at radius 2 is 2.14 bits per heavy atom. The van der Waals surface area contributed by atoms with Gasteiger partial charge in [-0.25, -0.2) is 9.59 Å². The molecule has 76 valence electrons. The summed E-state index contributed by atoms with van der Waals surface area (Å²) in [4.78, 5) is 22.4. The zero-order valence-electron chi connectivity index (χ0n) is 8.20. The minimum Gasteiger partial charge on any atom is -0.462 e. The second kappa shape index (κ2) is 4.60. The Morgan fingerprint density at radius 1 is 1.43 bits per heavy atom. The van der Waals surface area contributed by atoms with Gasteiger partial charge in [0, 0.05) is 6.42 Å². The van der Waals surface area contributed by atoms with Crippen LogP contribution >= 0.6 is 0 Å². The summed E-state index contributed by atoms with van der Waals surface area (Å²) < 4.78 is 9.55. The fraction of sp³-hybridized carbons (Fsp3) is 0.400. The molecule has 0 atom stereocenters. The Balaban J connectivity index is 3.00. The average molecular weight is 196 g/mol. The van der Waals surface area contributed by atoms with Gasteiger partial charge in [0.25, 0.3) is 0 Å². The van der Waals surface area contributed by atoms with Crippen LogP contribution in [0.2, 0.25) is 0 Å². The summed E-state index contributed by atoms with van der Waals surface area (Å²) in [6.07, 6.45) is 0.623. The molecular weight excluding hydrogens is 184 g/mol. The van der Waals surface area contributed by atoms with Crippen LogP contribution in [0.15, 0.2) is 21.3 Å². The van der Waals surface area contributed by atoms with Crippen LogP contribution in [0, 0.1) is 0 Å². The molecule has 0 spiro atoms. The molecule has 1 heterocycles. The van der Waals surface area contributed by atoms with E-state index in [1.54, 1.807) is 13.0 Å². The minimum absolute atomic E-state index is 0.0518. The molecule has 0 bridgehead atoms. The Hall–Kier alpha value is -1.58. The second-order valence-electron chi connectivity index (χ2n) is 2.68. The first-order chi connectivity index (χ1) is 6.69. The van der Waals surface area contributed by atoms with Crippen molar-refractivity contribution in [2.45, 2.75) is 20.3 Å². The van der Waals surface area contributed by atoms with Crippen LogP contribution in [-0.2, 0) is 11.2 Å². The molecule has 0 aliphatic rings. The highest BCUT2D eigenvalue weighted by atomic mass is 16.5. The lowest BCUT2D eigenvalue weighted by Gasteiger charge is -2.00. The number of carbonyl (C=O) groups is 1. The fourth-order valence-corrected chi connectivity index (χ4v) is 1.00. The molecule has 0 saturated heterocycles. The lowest BCUT2D eigenvalue weighted by Crippen LogP contribution is -2.16. The number of rotatable bonds is 3. The second-order valence-corrected chi connectivity index (χ2v) is 2.68. The summed E-state index contributed by atoms with van der Waals surface area (Å²) in [5.41, 5.74) is -0.688. The van der Waals surface area contributed by atoms with Gasteiger partial charge in [-0.2, -0.15) is 0 Å². The molecule has 0 fully saturated rings. The van der Waals surface area contributed by atoms with Crippen LogP contribution in [0.3, 0.4) is 0 Å². The van der Waals surface area contributed by atoms with E-state index in [1.807, 2.05) is 6.92 Å². The SMILES string of the molecule is CCOC(=O)c1ccc(CC)oc1=O. The molecule has 14 heavy (non-hydrogen) atoms. The van der Waals surface area contributed by atoms with E-state index in [0.717, 1.165) is 0 Å². The highest BCUT2D eigenvalue weighted by Gasteiger charge is 2.12. The van der Waals surface area contributed by atoms with Crippen molar-refractivity contribution >= 4 is 5.97 Å². The van der Waals surface area contributed by atoms with Gasteiger partial charge in [-0.05, 0) is 19.1 Å². The van der Waals surface area contributed by atoms with Gasteiger partial charge in [0.05, 0.1) is 6.61 Å². The number of ether oxygens (including phenoxy) is 1. The van der Waals surface area contributed by atoms with E-state index >= 15 is 0 Å². The summed E-state index contributed by atoms with van der Waals surface area (Å²) >= 11 is 0. The van der Waals surface area contributed by atoms with Crippen molar-refractivity contribution in [3.63, 3.8) is 0 Å². The first kappa shape index (κ1) is 10.5. The van der Waals surface area contributed by atoms with Crippen molar-refractivity contribution in [3.8, 4) is 0 Å². The molecule has 0 radical (unpaired) electrons. The van der Waals surface area contributed by atoms with Crippen molar-refractivity contribution in [2.75, 3.05) is 6.61 Å². The van der Waals surface area contributed by atoms with Crippen molar-refractivity contribution in [3.05, 3.63) is 33.9 Å². The van der Waals surface area contributed by atoms with E-state index in [4.69, 9.17) is 4.42 Å². The summed E-state index contributed by atoms with van der Waals surface area (Å²) in [5, 5.41) is 0. The lowest BCUT2D eigenvalue weighted by molar-refractivity contribution is 0.0521. The maximum atomic E-state index is 11.2. The van der Waals surface area contributed by atoms with Crippen LogP contribution in [0.5, 0.6) is 0 Å². The third kappa shape index (κ3) is 2.22. The van der Waals surface area contributed by atoms with Crippen LogP contribution in [0.1, 0.15) is 30.0 Å². The predicted molar refractivity (Wildman–Crippen MR) is 50.3 cm³/mol. The molecule has 0 aliphatic heterocycles. The van der Waals surface area contributed by atoms with Gasteiger partial charge in [0.1, 0.15) is 11.3 Å². The Labute approximate surface area is 81.5 Å². The number of hydrogen-bond donors (Lipinski definition) is 0. The highest BCUT2D eigenvalue weighted by molar-refractivity contribution is 5.88.